The molecular weight excluding hydrogens is 496 g/mol. The molecule has 0 aliphatic rings. The Hall–Kier alpha value is -3.28. The van der Waals surface area contributed by atoms with Crippen LogP contribution in [0.5, 0.6) is 0 Å². The van der Waals surface area contributed by atoms with Crippen molar-refractivity contribution in [1.29, 1.82) is 0 Å². The number of halogens is 1. The molecule has 0 unspecified atom stereocenters. The highest BCUT2D eigenvalue weighted by Gasteiger charge is 2.21. The monoisotopic (exact) mass is 516 g/mol. The van der Waals surface area contributed by atoms with Crippen LogP contribution < -0.4 is 4.72 Å². The van der Waals surface area contributed by atoms with Gasteiger partial charge in [-0.3, -0.25) is 9.52 Å². The quantitative estimate of drug-likeness (QED) is 0.351. The van der Waals surface area contributed by atoms with Crippen LogP contribution in [0.1, 0.15) is 35.4 Å². The van der Waals surface area contributed by atoms with Crippen LogP contribution in [0.4, 0.5) is 5.69 Å². The molecule has 0 aliphatic carbocycles. The molecule has 0 saturated carbocycles. The minimum atomic E-state index is -3.82. The van der Waals surface area contributed by atoms with Gasteiger partial charge in [-0.2, -0.15) is 23.3 Å². The van der Waals surface area contributed by atoms with Gasteiger partial charge in [0.05, 0.1) is 10.6 Å². The van der Waals surface area contributed by atoms with E-state index in [1.165, 1.54) is 41.3 Å². The lowest BCUT2D eigenvalue weighted by molar-refractivity contribution is 0.0974. The third kappa shape index (κ3) is 5.79. The van der Waals surface area contributed by atoms with Gasteiger partial charge in [0.1, 0.15) is 12.2 Å². The zero-order valence-corrected chi connectivity index (χ0v) is 20.5. The van der Waals surface area contributed by atoms with Crippen molar-refractivity contribution in [2.75, 3.05) is 4.72 Å². The zero-order chi connectivity index (χ0) is 23.4. The average Bonchev–Trinajstić information content (AvgIpc) is 3.30. The van der Waals surface area contributed by atoms with Crippen LogP contribution in [0, 0.1) is 0 Å². The minimum Gasteiger partial charge on any atom is -0.294 e. The Morgan fingerprint density at radius 2 is 1.76 bits per heavy atom. The Kier molecular flexibility index (Phi) is 8.02. The van der Waals surface area contributed by atoms with E-state index in [0.29, 0.717) is 11.8 Å². The Labute approximate surface area is 208 Å². The van der Waals surface area contributed by atoms with Crippen LogP contribution in [0.2, 0.25) is 5.02 Å². The minimum absolute atomic E-state index is 0. The zero-order valence-electron chi connectivity index (χ0n) is 18.0. The first-order chi connectivity index (χ1) is 15.8. The molecule has 0 aliphatic heterocycles. The largest absolute Gasteiger partial charge is 0.294 e. The highest BCUT2D eigenvalue weighted by atomic mass is 35.5. The van der Waals surface area contributed by atoms with E-state index in [0.717, 1.165) is 0 Å². The van der Waals surface area contributed by atoms with Crippen molar-refractivity contribution in [3.63, 3.8) is 0 Å². The smallest absolute Gasteiger partial charge is 0.261 e. The number of aromatic nitrogens is 5. The number of Topliss-reactive ketones (excluding diaryl/α,β-unsaturated/α-hetero) is 1. The molecule has 0 fully saturated rings. The number of carbonyl (C=O) groups is 1. The molecule has 0 bridgehead atoms. The summed E-state index contributed by atoms with van der Waals surface area (Å²) in [5.74, 6) is 0.340. The van der Waals surface area contributed by atoms with Gasteiger partial charge in [0.15, 0.2) is 5.78 Å². The molecule has 1 atom stereocenters. The van der Waals surface area contributed by atoms with Crippen LogP contribution >= 0.6 is 25.1 Å². The summed E-state index contributed by atoms with van der Waals surface area (Å²) in [7, 11) is -3.82. The van der Waals surface area contributed by atoms with Gasteiger partial charge in [-0.25, -0.2) is 23.4 Å². The van der Waals surface area contributed by atoms with E-state index in [2.05, 4.69) is 24.8 Å². The van der Waals surface area contributed by atoms with Gasteiger partial charge in [0, 0.05) is 35.3 Å². The highest BCUT2D eigenvalue weighted by molar-refractivity contribution is 7.92. The molecule has 2 aromatic heterocycles. The number of nitrogens with one attached hydrogen (secondary N) is 1. The second kappa shape index (κ2) is 10.8. The fraction of sp³-hybridized carbons (Fsp3) is 0.136. The molecule has 0 spiro atoms. The first kappa shape index (κ1) is 25.3. The lowest BCUT2D eigenvalue weighted by Gasteiger charge is -2.13. The second-order valence-corrected chi connectivity index (χ2v) is 9.37. The summed E-state index contributed by atoms with van der Waals surface area (Å²) >= 11 is 6.18. The van der Waals surface area contributed by atoms with E-state index in [-0.39, 0.29) is 52.8 Å². The number of sulfonamides is 1. The molecule has 0 amide bonds. The molecule has 4 aromatic rings. The number of rotatable bonds is 8. The van der Waals surface area contributed by atoms with E-state index >= 15 is 0 Å². The molecule has 0 radical (unpaired) electrons. The number of carbonyl (C=O) groups excluding carboxylic acids is 1. The van der Waals surface area contributed by atoms with Crippen molar-refractivity contribution in [2.45, 2.75) is 24.2 Å². The number of hydrogen-bond acceptors (Lipinski definition) is 7. The molecule has 2 aromatic carbocycles. The lowest BCUT2D eigenvalue weighted by Crippen LogP contribution is -2.14. The standard InChI is InChI=1S/C22H19ClN6O3S.H2S/c1-15(21-26-14-27-29(21)22-24-8-5-9-25-22)10-20(30)16-11-17(23)13-18(12-16)28-33(31,32)19-6-3-2-4-7-19;/h2-9,11-15,28H,10H2,1H3;1H2/t15-;/m0./s1. The molecular formula is C22H21ClN6O3S2. The lowest BCUT2D eigenvalue weighted by atomic mass is 9.99. The van der Waals surface area contributed by atoms with Gasteiger partial charge in [-0.1, -0.05) is 36.7 Å². The third-order valence-electron chi connectivity index (χ3n) is 4.77. The Morgan fingerprint density at radius 3 is 2.47 bits per heavy atom. The predicted octanol–water partition coefficient (Wildman–Crippen LogP) is 4.00. The summed E-state index contributed by atoms with van der Waals surface area (Å²) in [6.45, 7) is 1.84. The molecule has 9 nitrogen and oxygen atoms in total. The first-order valence-electron chi connectivity index (χ1n) is 9.92. The maximum Gasteiger partial charge on any atom is 0.261 e. The molecule has 2 heterocycles. The molecule has 176 valence electrons. The van der Waals surface area contributed by atoms with Crippen molar-refractivity contribution in [3.8, 4) is 5.95 Å². The summed E-state index contributed by atoms with van der Waals surface area (Å²) in [6, 6.07) is 14.0. The number of nitrogens with zero attached hydrogens (tertiary/aromatic N) is 5. The van der Waals surface area contributed by atoms with Gasteiger partial charge in [0.25, 0.3) is 16.0 Å². The fourth-order valence-electron chi connectivity index (χ4n) is 3.25. The second-order valence-electron chi connectivity index (χ2n) is 7.25. The van der Waals surface area contributed by atoms with Gasteiger partial charge >= 0.3 is 0 Å². The Bertz CT molecular complexity index is 1380. The average molecular weight is 517 g/mol. The van der Waals surface area contributed by atoms with Crippen LogP contribution in [-0.4, -0.2) is 38.9 Å². The molecule has 1 N–H and O–H groups in total. The van der Waals surface area contributed by atoms with Crippen molar-refractivity contribution in [1.82, 2.24) is 24.7 Å². The van der Waals surface area contributed by atoms with Gasteiger partial charge < -0.3 is 0 Å². The van der Waals surface area contributed by atoms with Crippen LogP contribution in [0.25, 0.3) is 5.95 Å². The summed E-state index contributed by atoms with van der Waals surface area (Å²) in [4.78, 5) is 25.7. The van der Waals surface area contributed by atoms with Crippen molar-refractivity contribution < 1.29 is 13.2 Å². The van der Waals surface area contributed by atoms with E-state index < -0.39 is 10.0 Å². The molecule has 0 saturated heterocycles. The molecule has 4 rings (SSSR count). The van der Waals surface area contributed by atoms with Crippen LogP contribution in [-0.2, 0) is 10.0 Å². The van der Waals surface area contributed by atoms with Gasteiger partial charge in [-0.15, -0.1) is 0 Å². The molecule has 34 heavy (non-hydrogen) atoms. The maximum absolute atomic E-state index is 13.0. The SMILES string of the molecule is C[C@@H](CC(=O)c1cc(Cl)cc(NS(=O)(=O)c2ccccc2)c1)c1ncnn1-c1ncccn1.S. The Morgan fingerprint density at radius 1 is 1.06 bits per heavy atom. The fourth-order valence-corrected chi connectivity index (χ4v) is 4.55. The van der Waals surface area contributed by atoms with Gasteiger partial charge in [0.2, 0.25) is 0 Å². The number of benzene rings is 2. The highest BCUT2D eigenvalue weighted by Crippen LogP contribution is 2.26. The van der Waals surface area contributed by atoms with E-state index in [4.69, 9.17) is 11.6 Å². The normalized spacial score (nSPS) is 11.9. The molecule has 12 heteroatoms. The van der Waals surface area contributed by atoms with E-state index in [9.17, 15) is 13.2 Å². The van der Waals surface area contributed by atoms with Crippen molar-refractivity contribution in [2.24, 2.45) is 0 Å². The first-order valence-corrected chi connectivity index (χ1v) is 11.8. The third-order valence-corrected chi connectivity index (χ3v) is 6.39. The summed E-state index contributed by atoms with van der Waals surface area (Å²) in [5, 5.41) is 4.39. The number of ketones is 1. The van der Waals surface area contributed by atoms with Crippen molar-refractivity contribution in [3.05, 3.63) is 89.7 Å². The van der Waals surface area contributed by atoms with Crippen molar-refractivity contribution >= 4 is 46.6 Å². The van der Waals surface area contributed by atoms with E-state index in [1.54, 1.807) is 36.7 Å². The van der Waals surface area contributed by atoms with E-state index in [1.807, 2.05) is 6.92 Å². The number of hydrogen-bond donors (Lipinski definition) is 1. The van der Waals surface area contributed by atoms with Gasteiger partial charge in [-0.05, 0) is 36.4 Å². The summed E-state index contributed by atoms with van der Waals surface area (Å²) in [5.41, 5.74) is 0.477. The van der Waals surface area contributed by atoms with Crippen LogP contribution in [0.3, 0.4) is 0 Å². The topological polar surface area (TPSA) is 120 Å². The number of anilines is 1. The predicted molar refractivity (Wildman–Crippen MR) is 133 cm³/mol. The Balaban J connectivity index is 0.00000324. The summed E-state index contributed by atoms with van der Waals surface area (Å²) in [6.07, 6.45) is 4.65. The summed E-state index contributed by atoms with van der Waals surface area (Å²) < 4.78 is 29.2. The maximum atomic E-state index is 13.0. The van der Waals surface area contributed by atoms with Crippen LogP contribution in [0.15, 0.2) is 78.2 Å².